The van der Waals surface area contributed by atoms with E-state index in [0.29, 0.717) is 0 Å². The summed E-state index contributed by atoms with van der Waals surface area (Å²) >= 11 is 0. The van der Waals surface area contributed by atoms with Crippen molar-refractivity contribution in [3.05, 3.63) is 28.3 Å². The van der Waals surface area contributed by atoms with Crippen LogP contribution in [0.3, 0.4) is 0 Å². The van der Waals surface area contributed by atoms with Crippen molar-refractivity contribution in [3.63, 3.8) is 0 Å². The van der Waals surface area contributed by atoms with Gasteiger partial charge in [0.15, 0.2) is 5.75 Å². The van der Waals surface area contributed by atoms with Crippen molar-refractivity contribution in [2.45, 2.75) is 31.3 Å². The monoisotopic (exact) mass is 401 g/mol. The van der Waals surface area contributed by atoms with Gasteiger partial charge in [-0.2, -0.15) is 4.31 Å². The highest BCUT2D eigenvalue weighted by Crippen LogP contribution is 2.30. The van der Waals surface area contributed by atoms with Crippen LogP contribution in [0.1, 0.15) is 20.8 Å². The second-order valence-corrected chi connectivity index (χ2v) is 8.90. The Labute approximate surface area is 157 Å². The lowest BCUT2D eigenvalue weighted by atomic mass is 10.2. The summed E-state index contributed by atoms with van der Waals surface area (Å²) in [4.78, 5) is 23.8. The summed E-state index contributed by atoms with van der Waals surface area (Å²) in [7, 11) is -2.66. The number of methoxy groups -OCH3 is 1. The fraction of sp³-hybridized carbons (Fsp3) is 0.562. The predicted octanol–water partition coefficient (Wildman–Crippen LogP) is 1.84. The number of carbonyl (C=O) groups is 1. The summed E-state index contributed by atoms with van der Waals surface area (Å²) in [6.45, 7) is 5.74. The van der Waals surface area contributed by atoms with E-state index in [-0.39, 0.29) is 36.8 Å². The zero-order chi connectivity index (χ0) is 20.4. The normalized spacial score (nSPS) is 16.1. The van der Waals surface area contributed by atoms with Crippen LogP contribution in [0.25, 0.3) is 0 Å². The van der Waals surface area contributed by atoms with E-state index in [1.807, 2.05) is 0 Å². The number of piperazine rings is 1. The van der Waals surface area contributed by atoms with Crippen LogP contribution in [0.5, 0.6) is 5.75 Å². The standard InChI is InChI=1S/C16H23N3O7S/c1-16(2,3)26-15(20)17-7-9-18(10-8-17)27(23,24)12-5-6-14(25-4)13(11-12)19(21)22/h5-6,11H,7-10H2,1-4H3. The number of nitro benzene ring substituents is 1. The molecular weight excluding hydrogens is 378 g/mol. The van der Waals surface area contributed by atoms with E-state index in [1.54, 1.807) is 20.8 Å². The smallest absolute Gasteiger partial charge is 0.410 e. The molecule has 0 saturated carbocycles. The lowest BCUT2D eigenvalue weighted by Crippen LogP contribution is -2.51. The third-order valence-corrected chi connectivity index (χ3v) is 5.77. The highest BCUT2D eigenvalue weighted by Gasteiger charge is 2.33. The number of hydrogen-bond acceptors (Lipinski definition) is 7. The molecule has 0 aliphatic carbocycles. The maximum atomic E-state index is 12.8. The van der Waals surface area contributed by atoms with Gasteiger partial charge in [0, 0.05) is 32.2 Å². The van der Waals surface area contributed by atoms with Crippen molar-refractivity contribution in [1.29, 1.82) is 0 Å². The summed E-state index contributed by atoms with van der Waals surface area (Å²) in [5.41, 5.74) is -1.06. The summed E-state index contributed by atoms with van der Waals surface area (Å²) in [5.74, 6) is -0.0197. The third kappa shape index (κ3) is 4.86. The summed E-state index contributed by atoms with van der Waals surface area (Å²) in [5, 5.41) is 11.1. The maximum Gasteiger partial charge on any atom is 0.410 e. The number of amides is 1. The Morgan fingerprint density at radius 2 is 1.78 bits per heavy atom. The van der Waals surface area contributed by atoms with E-state index in [0.717, 1.165) is 6.07 Å². The third-order valence-electron chi connectivity index (χ3n) is 3.88. The van der Waals surface area contributed by atoms with E-state index < -0.39 is 32.3 Å². The Hall–Kier alpha value is -2.40. The zero-order valence-electron chi connectivity index (χ0n) is 15.7. The summed E-state index contributed by atoms with van der Waals surface area (Å²) in [6, 6.07) is 3.50. The van der Waals surface area contributed by atoms with E-state index in [9.17, 15) is 23.3 Å². The fourth-order valence-electron chi connectivity index (χ4n) is 2.56. The Morgan fingerprint density at radius 3 is 2.26 bits per heavy atom. The molecular formula is C16H23N3O7S. The molecule has 1 heterocycles. The SMILES string of the molecule is COc1ccc(S(=O)(=O)N2CCN(C(=O)OC(C)(C)C)CC2)cc1[N+](=O)[O-]. The van der Waals surface area contributed by atoms with Crippen LogP contribution in [0.2, 0.25) is 0 Å². The topological polar surface area (TPSA) is 119 Å². The molecule has 0 radical (unpaired) electrons. The minimum absolute atomic E-state index is 0.0197. The van der Waals surface area contributed by atoms with Gasteiger partial charge in [0.2, 0.25) is 10.0 Å². The molecule has 0 spiro atoms. The van der Waals surface area contributed by atoms with Gasteiger partial charge in [-0.15, -0.1) is 0 Å². The number of hydrogen-bond donors (Lipinski definition) is 0. The molecule has 150 valence electrons. The average Bonchev–Trinajstić information content (AvgIpc) is 2.59. The molecule has 1 amide bonds. The number of carbonyl (C=O) groups excluding carboxylic acids is 1. The molecule has 1 aromatic rings. The van der Waals surface area contributed by atoms with Gasteiger partial charge < -0.3 is 14.4 Å². The highest BCUT2D eigenvalue weighted by molar-refractivity contribution is 7.89. The molecule has 10 nitrogen and oxygen atoms in total. The minimum Gasteiger partial charge on any atom is -0.490 e. The largest absolute Gasteiger partial charge is 0.490 e. The maximum absolute atomic E-state index is 12.8. The first-order valence-electron chi connectivity index (χ1n) is 8.26. The Morgan fingerprint density at radius 1 is 1.19 bits per heavy atom. The molecule has 0 bridgehead atoms. The van der Waals surface area contributed by atoms with Gasteiger partial charge in [-0.05, 0) is 32.9 Å². The molecule has 1 fully saturated rings. The van der Waals surface area contributed by atoms with Crippen molar-refractivity contribution < 1.29 is 27.6 Å². The first kappa shape index (κ1) is 20.9. The van der Waals surface area contributed by atoms with E-state index in [2.05, 4.69) is 0 Å². The molecule has 0 atom stereocenters. The molecule has 1 saturated heterocycles. The summed E-state index contributed by atoms with van der Waals surface area (Å²) < 4.78 is 37.0. The Balaban J connectivity index is 2.14. The van der Waals surface area contributed by atoms with Crippen LogP contribution in [0.15, 0.2) is 23.1 Å². The number of sulfonamides is 1. The molecule has 27 heavy (non-hydrogen) atoms. The number of benzene rings is 1. The molecule has 2 rings (SSSR count). The van der Waals surface area contributed by atoms with E-state index >= 15 is 0 Å². The van der Waals surface area contributed by atoms with Gasteiger partial charge in [-0.1, -0.05) is 0 Å². The average molecular weight is 401 g/mol. The quantitative estimate of drug-likeness (QED) is 0.558. The molecule has 11 heteroatoms. The molecule has 1 aliphatic rings. The van der Waals surface area contributed by atoms with Gasteiger partial charge in [-0.3, -0.25) is 10.1 Å². The summed E-state index contributed by atoms with van der Waals surface area (Å²) in [6.07, 6.45) is -0.500. The molecule has 1 aromatic carbocycles. The molecule has 1 aliphatic heterocycles. The van der Waals surface area contributed by atoms with Crippen molar-refractivity contribution in [1.82, 2.24) is 9.21 Å². The van der Waals surface area contributed by atoms with Crippen LogP contribution >= 0.6 is 0 Å². The van der Waals surface area contributed by atoms with Crippen molar-refractivity contribution >= 4 is 21.8 Å². The van der Waals surface area contributed by atoms with Gasteiger partial charge in [-0.25, -0.2) is 13.2 Å². The highest BCUT2D eigenvalue weighted by atomic mass is 32.2. The first-order valence-corrected chi connectivity index (χ1v) is 9.70. The molecule has 0 aromatic heterocycles. The van der Waals surface area contributed by atoms with Gasteiger partial charge >= 0.3 is 11.8 Å². The van der Waals surface area contributed by atoms with E-state index in [1.165, 1.54) is 28.4 Å². The number of rotatable bonds is 4. The first-order chi connectivity index (χ1) is 12.5. The predicted molar refractivity (Wildman–Crippen MR) is 96.2 cm³/mol. The van der Waals surface area contributed by atoms with E-state index in [4.69, 9.17) is 9.47 Å². The van der Waals surface area contributed by atoms with Crippen molar-refractivity contribution in [2.75, 3.05) is 33.3 Å². The van der Waals surface area contributed by atoms with Crippen LogP contribution in [-0.4, -0.2) is 67.5 Å². The fourth-order valence-corrected chi connectivity index (χ4v) is 4.00. The van der Waals surface area contributed by atoms with Crippen molar-refractivity contribution in [3.8, 4) is 5.75 Å². The van der Waals surface area contributed by atoms with Crippen LogP contribution < -0.4 is 4.74 Å². The zero-order valence-corrected chi connectivity index (χ0v) is 16.5. The van der Waals surface area contributed by atoms with Crippen LogP contribution in [0.4, 0.5) is 10.5 Å². The second-order valence-electron chi connectivity index (χ2n) is 6.96. The Kier molecular flexibility index (Phi) is 5.95. The lowest BCUT2D eigenvalue weighted by molar-refractivity contribution is -0.386. The number of nitrogens with zero attached hydrogens (tertiary/aromatic N) is 3. The minimum atomic E-state index is -3.93. The lowest BCUT2D eigenvalue weighted by Gasteiger charge is -2.34. The second kappa shape index (κ2) is 7.69. The van der Waals surface area contributed by atoms with Gasteiger partial charge in [0.1, 0.15) is 5.60 Å². The Bertz CT molecular complexity index is 825. The number of ether oxygens (including phenoxy) is 2. The van der Waals surface area contributed by atoms with Crippen molar-refractivity contribution in [2.24, 2.45) is 0 Å². The molecule has 0 N–H and O–H groups in total. The molecule has 0 unspecified atom stereocenters. The van der Waals surface area contributed by atoms with Crippen LogP contribution in [-0.2, 0) is 14.8 Å². The van der Waals surface area contributed by atoms with Gasteiger partial charge in [0.05, 0.1) is 16.9 Å². The van der Waals surface area contributed by atoms with Gasteiger partial charge in [0.25, 0.3) is 0 Å². The number of nitro groups is 1. The van der Waals surface area contributed by atoms with Crippen LogP contribution in [0, 0.1) is 10.1 Å².